The molecule has 0 aliphatic rings. The molecule has 78 valence electrons. The summed E-state index contributed by atoms with van der Waals surface area (Å²) in [7, 11) is 2.08. The van der Waals surface area contributed by atoms with Crippen LogP contribution in [0.3, 0.4) is 0 Å². The Labute approximate surface area is 85.1 Å². The monoisotopic (exact) mass is 194 g/mol. The summed E-state index contributed by atoms with van der Waals surface area (Å²) in [5.41, 5.74) is 3.72. The van der Waals surface area contributed by atoms with E-state index in [0.29, 0.717) is 6.04 Å². The zero-order valence-corrected chi connectivity index (χ0v) is 8.99. The fourth-order valence-corrected chi connectivity index (χ4v) is 1.15. The van der Waals surface area contributed by atoms with Crippen LogP contribution in [0.25, 0.3) is 0 Å². The summed E-state index contributed by atoms with van der Waals surface area (Å²) in [6.07, 6.45) is 1.73. The van der Waals surface area contributed by atoms with Crippen LogP contribution in [0.2, 0.25) is 0 Å². The maximum Gasteiger partial charge on any atom is 0.144 e. The number of nitrogens with two attached hydrogens (primary N) is 1. The summed E-state index contributed by atoms with van der Waals surface area (Å²) in [6.45, 7) is 5.17. The summed E-state index contributed by atoms with van der Waals surface area (Å²) in [4.78, 5) is 6.38. The van der Waals surface area contributed by atoms with Gasteiger partial charge in [0.05, 0.1) is 0 Å². The molecule has 1 aromatic heterocycles. The molecule has 0 saturated carbocycles. The summed E-state index contributed by atoms with van der Waals surface area (Å²) in [6, 6.07) is 4.46. The van der Waals surface area contributed by atoms with Crippen molar-refractivity contribution in [1.29, 1.82) is 0 Å². The van der Waals surface area contributed by atoms with Gasteiger partial charge < -0.3 is 5.43 Å². The fourth-order valence-electron chi connectivity index (χ4n) is 1.15. The number of pyridine rings is 1. The Morgan fingerprint density at radius 1 is 1.57 bits per heavy atom. The molecule has 14 heavy (non-hydrogen) atoms. The molecule has 0 atom stereocenters. The number of hydrazine groups is 1. The van der Waals surface area contributed by atoms with Gasteiger partial charge in [-0.25, -0.2) is 10.8 Å². The summed E-state index contributed by atoms with van der Waals surface area (Å²) < 4.78 is 0. The van der Waals surface area contributed by atoms with Crippen LogP contribution in [0, 0.1) is 0 Å². The second-order valence-corrected chi connectivity index (χ2v) is 3.66. The van der Waals surface area contributed by atoms with Crippen molar-refractivity contribution in [3.05, 3.63) is 23.9 Å². The van der Waals surface area contributed by atoms with Crippen molar-refractivity contribution in [2.45, 2.75) is 26.4 Å². The number of hydrogen-bond donors (Lipinski definition) is 2. The number of anilines is 1. The minimum Gasteiger partial charge on any atom is -0.308 e. The first kappa shape index (κ1) is 10.9. The molecule has 0 fully saturated rings. The quantitative estimate of drug-likeness (QED) is 0.559. The predicted octanol–water partition coefficient (Wildman–Crippen LogP) is 1.21. The zero-order valence-electron chi connectivity index (χ0n) is 8.99. The van der Waals surface area contributed by atoms with Crippen molar-refractivity contribution in [3.63, 3.8) is 0 Å². The minimum atomic E-state index is 0.515. The van der Waals surface area contributed by atoms with E-state index in [-0.39, 0.29) is 0 Å². The maximum atomic E-state index is 5.37. The molecule has 0 aromatic carbocycles. The fraction of sp³-hybridized carbons (Fsp3) is 0.500. The van der Waals surface area contributed by atoms with Crippen molar-refractivity contribution < 1.29 is 0 Å². The van der Waals surface area contributed by atoms with Gasteiger partial charge in [-0.15, -0.1) is 0 Å². The molecule has 0 saturated heterocycles. The second-order valence-electron chi connectivity index (χ2n) is 3.66. The number of nitrogens with one attached hydrogen (secondary N) is 1. The van der Waals surface area contributed by atoms with Gasteiger partial charge in [-0.3, -0.25) is 4.90 Å². The van der Waals surface area contributed by atoms with Crippen LogP contribution in [0.15, 0.2) is 18.3 Å². The van der Waals surface area contributed by atoms with Gasteiger partial charge in [0.15, 0.2) is 0 Å². The van der Waals surface area contributed by atoms with Gasteiger partial charge in [0.2, 0.25) is 0 Å². The van der Waals surface area contributed by atoms with Crippen molar-refractivity contribution >= 4 is 5.82 Å². The van der Waals surface area contributed by atoms with E-state index in [9.17, 15) is 0 Å². The molecule has 3 N–H and O–H groups in total. The molecule has 1 heterocycles. The van der Waals surface area contributed by atoms with Gasteiger partial charge in [-0.2, -0.15) is 0 Å². The first-order valence-corrected chi connectivity index (χ1v) is 4.76. The van der Waals surface area contributed by atoms with Crippen molar-refractivity contribution in [1.82, 2.24) is 9.88 Å². The Balaban J connectivity index is 2.75. The number of nitrogens with zero attached hydrogens (tertiary/aromatic N) is 2. The van der Waals surface area contributed by atoms with Crippen LogP contribution in [0.1, 0.15) is 19.4 Å². The third-order valence-electron chi connectivity index (χ3n) is 2.33. The highest BCUT2D eigenvalue weighted by molar-refractivity contribution is 5.42. The van der Waals surface area contributed by atoms with Crippen molar-refractivity contribution in [2.75, 3.05) is 12.5 Å². The van der Waals surface area contributed by atoms with E-state index >= 15 is 0 Å². The van der Waals surface area contributed by atoms with E-state index in [1.54, 1.807) is 6.20 Å². The Bertz CT molecular complexity index is 285. The third kappa shape index (κ3) is 2.68. The molecule has 0 radical (unpaired) electrons. The zero-order chi connectivity index (χ0) is 10.6. The standard InChI is InChI=1S/C10H18N4/c1-8(2)14(3)7-9-5-4-6-12-10(9)13-11/h4-6,8H,7,11H2,1-3H3,(H,12,13). The molecule has 0 unspecified atom stereocenters. The molecule has 0 aliphatic heterocycles. The van der Waals surface area contributed by atoms with E-state index in [1.165, 1.54) is 0 Å². The minimum absolute atomic E-state index is 0.515. The molecule has 0 spiro atoms. The number of hydrogen-bond acceptors (Lipinski definition) is 4. The average Bonchev–Trinajstić information content (AvgIpc) is 2.18. The highest BCUT2D eigenvalue weighted by Gasteiger charge is 2.07. The Kier molecular flexibility index (Phi) is 3.85. The summed E-state index contributed by atoms with van der Waals surface area (Å²) in [5.74, 6) is 6.12. The first-order chi connectivity index (χ1) is 6.65. The number of nitrogen functional groups attached to an aromatic ring is 1. The van der Waals surface area contributed by atoms with Gasteiger partial charge in [0.1, 0.15) is 5.82 Å². The van der Waals surface area contributed by atoms with Crippen LogP contribution < -0.4 is 11.3 Å². The largest absolute Gasteiger partial charge is 0.308 e. The van der Waals surface area contributed by atoms with E-state index in [2.05, 4.69) is 36.2 Å². The highest BCUT2D eigenvalue weighted by Crippen LogP contribution is 2.13. The third-order valence-corrected chi connectivity index (χ3v) is 2.33. The van der Waals surface area contributed by atoms with E-state index in [4.69, 9.17) is 5.84 Å². The van der Waals surface area contributed by atoms with Crippen molar-refractivity contribution in [3.8, 4) is 0 Å². The Morgan fingerprint density at radius 3 is 2.86 bits per heavy atom. The first-order valence-electron chi connectivity index (χ1n) is 4.76. The van der Waals surface area contributed by atoms with Crippen LogP contribution in [-0.4, -0.2) is 23.0 Å². The number of rotatable bonds is 4. The van der Waals surface area contributed by atoms with Crippen LogP contribution >= 0.6 is 0 Å². The van der Waals surface area contributed by atoms with E-state index < -0.39 is 0 Å². The molecule has 0 aliphatic carbocycles. The van der Waals surface area contributed by atoms with Gasteiger partial charge >= 0.3 is 0 Å². The normalized spacial score (nSPS) is 11.0. The highest BCUT2D eigenvalue weighted by atomic mass is 15.3. The summed E-state index contributed by atoms with van der Waals surface area (Å²) >= 11 is 0. The van der Waals surface area contributed by atoms with Crippen LogP contribution in [0.4, 0.5) is 5.82 Å². The SMILES string of the molecule is CC(C)N(C)Cc1cccnc1NN. The molecule has 4 heteroatoms. The van der Waals surface area contributed by atoms with Gasteiger partial charge in [0.25, 0.3) is 0 Å². The summed E-state index contributed by atoms with van der Waals surface area (Å²) in [5, 5.41) is 0. The lowest BCUT2D eigenvalue weighted by atomic mass is 10.2. The molecule has 0 amide bonds. The number of aromatic nitrogens is 1. The van der Waals surface area contributed by atoms with Gasteiger partial charge in [0, 0.05) is 24.3 Å². The van der Waals surface area contributed by atoms with E-state index in [0.717, 1.165) is 17.9 Å². The average molecular weight is 194 g/mol. The van der Waals surface area contributed by atoms with Gasteiger partial charge in [-0.1, -0.05) is 6.07 Å². The maximum absolute atomic E-state index is 5.37. The molecule has 4 nitrogen and oxygen atoms in total. The predicted molar refractivity (Wildman–Crippen MR) is 58.7 cm³/mol. The van der Waals surface area contributed by atoms with Crippen molar-refractivity contribution in [2.24, 2.45) is 5.84 Å². The smallest absolute Gasteiger partial charge is 0.144 e. The lowest BCUT2D eigenvalue weighted by Crippen LogP contribution is -2.26. The molecule has 1 aromatic rings. The molecular weight excluding hydrogens is 176 g/mol. The lowest BCUT2D eigenvalue weighted by molar-refractivity contribution is 0.266. The Hall–Kier alpha value is -1.13. The lowest BCUT2D eigenvalue weighted by Gasteiger charge is -2.21. The van der Waals surface area contributed by atoms with E-state index in [1.807, 2.05) is 12.1 Å². The Morgan fingerprint density at radius 2 is 2.29 bits per heavy atom. The van der Waals surface area contributed by atoms with Crippen LogP contribution in [0.5, 0.6) is 0 Å². The molecule has 1 rings (SSSR count). The molecule has 0 bridgehead atoms. The van der Waals surface area contributed by atoms with Gasteiger partial charge in [-0.05, 0) is 27.0 Å². The topological polar surface area (TPSA) is 54.2 Å². The molecular formula is C10H18N4. The second kappa shape index (κ2) is 4.93. The van der Waals surface area contributed by atoms with Crippen LogP contribution in [-0.2, 0) is 6.54 Å².